The van der Waals surface area contributed by atoms with E-state index in [1.807, 2.05) is 0 Å². The Bertz CT molecular complexity index is 1260. The quantitative estimate of drug-likeness (QED) is 0.0262. The SMILES string of the molecule is CCCCC/C=C\C/C=C\C/C=C\CCCCCCC(=O)OC[C@H](COC(=O)CCCCCCCCC/C=C\CCCCCC)OC(=O)CCCCCCCCC/C=C\C/C=C\CCCCC. The number of unbranched alkanes of at least 4 members (excludes halogenated alkanes) is 28. The highest BCUT2D eigenvalue weighted by Gasteiger charge is 2.19. The zero-order valence-electron chi connectivity index (χ0n) is 44.2. The maximum Gasteiger partial charge on any atom is 0.306 e. The van der Waals surface area contributed by atoms with Gasteiger partial charge in [0.05, 0.1) is 0 Å². The van der Waals surface area contributed by atoms with Crippen molar-refractivity contribution < 1.29 is 28.6 Å². The Morgan fingerprint density at radius 2 is 0.537 bits per heavy atom. The van der Waals surface area contributed by atoms with E-state index in [2.05, 4.69) is 93.7 Å². The van der Waals surface area contributed by atoms with Crippen molar-refractivity contribution >= 4 is 17.9 Å². The van der Waals surface area contributed by atoms with Crippen molar-refractivity contribution in [1.29, 1.82) is 0 Å². The molecule has 0 heterocycles. The summed E-state index contributed by atoms with van der Waals surface area (Å²) in [7, 11) is 0. The van der Waals surface area contributed by atoms with Gasteiger partial charge in [-0.3, -0.25) is 14.4 Å². The number of hydrogen-bond donors (Lipinski definition) is 0. The Hall–Kier alpha value is -3.15. The molecule has 0 aliphatic heterocycles. The first kappa shape index (κ1) is 63.8. The van der Waals surface area contributed by atoms with E-state index < -0.39 is 6.10 Å². The summed E-state index contributed by atoms with van der Waals surface area (Å²) in [6, 6.07) is 0. The summed E-state index contributed by atoms with van der Waals surface area (Å²) >= 11 is 0. The largest absolute Gasteiger partial charge is 0.462 e. The molecule has 0 fully saturated rings. The molecule has 67 heavy (non-hydrogen) atoms. The summed E-state index contributed by atoms with van der Waals surface area (Å²) in [6.07, 6.45) is 70.2. The minimum atomic E-state index is -0.791. The van der Waals surface area contributed by atoms with Crippen LogP contribution in [0.5, 0.6) is 0 Å². The van der Waals surface area contributed by atoms with Crippen molar-refractivity contribution in [3.8, 4) is 0 Å². The minimum Gasteiger partial charge on any atom is -0.462 e. The molecule has 1 atom stereocenters. The Kier molecular flexibility index (Phi) is 52.8. The van der Waals surface area contributed by atoms with Crippen molar-refractivity contribution in [1.82, 2.24) is 0 Å². The molecule has 0 aromatic rings. The highest BCUT2D eigenvalue weighted by atomic mass is 16.6. The minimum absolute atomic E-state index is 0.0878. The molecule has 6 heteroatoms. The van der Waals surface area contributed by atoms with Crippen LogP contribution in [0.4, 0.5) is 0 Å². The van der Waals surface area contributed by atoms with Gasteiger partial charge in [-0.05, 0) is 116 Å². The number of carbonyl (C=O) groups excluding carboxylic acids is 3. The number of carbonyl (C=O) groups is 3. The number of esters is 3. The summed E-state index contributed by atoms with van der Waals surface area (Å²) in [5.41, 5.74) is 0. The van der Waals surface area contributed by atoms with Crippen LogP contribution in [0.25, 0.3) is 0 Å². The summed E-state index contributed by atoms with van der Waals surface area (Å²) in [5.74, 6) is -0.915. The van der Waals surface area contributed by atoms with Crippen LogP contribution < -0.4 is 0 Å². The molecule has 0 aromatic heterocycles. The topological polar surface area (TPSA) is 78.9 Å². The summed E-state index contributed by atoms with van der Waals surface area (Å²) in [6.45, 7) is 6.56. The fourth-order valence-electron chi connectivity index (χ4n) is 7.83. The van der Waals surface area contributed by atoms with Crippen molar-refractivity contribution in [3.05, 3.63) is 72.9 Å². The van der Waals surface area contributed by atoms with Gasteiger partial charge in [0.15, 0.2) is 6.10 Å². The molecule has 0 N–H and O–H groups in total. The molecule has 0 spiro atoms. The summed E-state index contributed by atoms with van der Waals surface area (Å²) in [5, 5.41) is 0. The normalized spacial score (nSPS) is 12.6. The van der Waals surface area contributed by atoms with Crippen molar-refractivity contribution in [3.63, 3.8) is 0 Å². The zero-order chi connectivity index (χ0) is 48.6. The van der Waals surface area contributed by atoms with Gasteiger partial charge in [0.2, 0.25) is 0 Å². The Balaban J connectivity index is 4.44. The molecular weight excluding hydrogens is 829 g/mol. The van der Waals surface area contributed by atoms with E-state index >= 15 is 0 Å². The van der Waals surface area contributed by atoms with E-state index in [0.29, 0.717) is 19.3 Å². The zero-order valence-corrected chi connectivity index (χ0v) is 44.2. The molecule has 0 unspecified atom stereocenters. The molecule has 0 amide bonds. The highest BCUT2D eigenvalue weighted by Crippen LogP contribution is 2.14. The monoisotopic (exact) mass is 935 g/mol. The van der Waals surface area contributed by atoms with E-state index in [1.54, 1.807) is 0 Å². The van der Waals surface area contributed by atoms with Crippen molar-refractivity contribution in [2.75, 3.05) is 13.2 Å². The van der Waals surface area contributed by atoms with Gasteiger partial charge in [-0.25, -0.2) is 0 Å². The average Bonchev–Trinajstić information content (AvgIpc) is 3.33. The van der Waals surface area contributed by atoms with E-state index in [1.165, 1.54) is 141 Å². The second-order valence-corrected chi connectivity index (χ2v) is 18.8. The number of ether oxygens (including phenoxy) is 3. The molecule has 386 valence electrons. The molecule has 0 saturated carbocycles. The van der Waals surface area contributed by atoms with E-state index in [0.717, 1.165) is 96.3 Å². The van der Waals surface area contributed by atoms with Crippen molar-refractivity contribution in [2.24, 2.45) is 0 Å². The molecular formula is C61H106O6. The maximum absolute atomic E-state index is 12.9. The third kappa shape index (κ3) is 53.7. The molecule has 0 radical (unpaired) electrons. The predicted octanol–water partition coefficient (Wildman–Crippen LogP) is 19.0. The average molecular weight is 936 g/mol. The van der Waals surface area contributed by atoms with E-state index in [-0.39, 0.29) is 31.1 Å². The second-order valence-electron chi connectivity index (χ2n) is 18.8. The summed E-state index contributed by atoms with van der Waals surface area (Å²) in [4.78, 5) is 38.1. The second kappa shape index (κ2) is 55.4. The molecule has 0 rings (SSSR count). The fourth-order valence-corrected chi connectivity index (χ4v) is 7.83. The molecule has 0 aromatic carbocycles. The van der Waals surface area contributed by atoms with Crippen LogP contribution in [0.1, 0.15) is 278 Å². The lowest BCUT2D eigenvalue weighted by molar-refractivity contribution is -0.167. The van der Waals surface area contributed by atoms with Gasteiger partial charge < -0.3 is 14.2 Å². The predicted molar refractivity (Wildman–Crippen MR) is 288 cm³/mol. The van der Waals surface area contributed by atoms with Crippen LogP contribution in [0, 0.1) is 0 Å². The lowest BCUT2D eigenvalue weighted by Crippen LogP contribution is -2.30. The smallest absolute Gasteiger partial charge is 0.306 e. The first-order chi connectivity index (χ1) is 33.0. The lowest BCUT2D eigenvalue weighted by Gasteiger charge is -2.18. The van der Waals surface area contributed by atoms with Gasteiger partial charge in [0.1, 0.15) is 13.2 Å². The van der Waals surface area contributed by atoms with E-state index in [9.17, 15) is 14.4 Å². The number of rotatable bonds is 51. The third-order valence-electron chi connectivity index (χ3n) is 12.2. The first-order valence-corrected chi connectivity index (χ1v) is 28.4. The van der Waals surface area contributed by atoms with Crippen LogP contribution in [-0.4, -0.2) is 37.2 Å². The van der Waals surface area contributed by atoms with Gasteiger partial charge in [-0.1, -0.05) is 216 Å². The van der Waals surface area contributed by atoms with Crippen LogP contribution in [0.3, 0.4) is 0 Å². The van der Waals surface area contributed by atoms with Gasteiger partial charge >= 0.3 is 17.9 Å². The third-order valence-corrected chi connectivity index (χ3v) is 12.2. The van der Waals surface area contributed by atoms with Gasteiger partial charge in [-0.2, -0.15) is 0 Å². The van der Waals surface area contributed by atoms with Gasteiger partial charge in [0, 0.05) is 19.3 Å². The van der Waals surface area contributed by atoms with Gasteiger partial charge in [0.25, 0.3) is 0 Å². The molecule has 0 aliphatic carbocycles. The van der Waals surface area contributed by atoms with Crippen molar-refractivity contribution in [2.45, 2.75) is 284 Å². The standard InChI is InChI=1S/C61H106O6/c1-4-7-10-13-16-19-22-25-28-30-33-36-39-42-45-48-51-54-60(63)66-57-58(56-65-59(62)53-50-47-44-41-38-35-32-27-24-21-18-15-12-9-6-3)67-61(64)55-52-49-46-43-40-37-34-31-29-26-23-20-17-14-11-8-5-2/h16-17,19-21,24-26,28-29,33,36,58H,4-15,18,22-23,27,30-32,34-35,37-57H2,1-3H3/b19-16-,20-17-,24-21-,28-25-,29-26-,36-33-/t58-/m0/s1. The number of allylic oxidation sites excluding steroid dienone is 12. The molecule has 0 bridgehead atoms. The van der Waals surface area contributed by atoms with Crippen LogP contribution >= 0.6 is 0 Å². The first-order valence-electron chi connectivity index (χ1n) is 28.4. The molecule has 0 aliphatic rings. The van der Waals surface area contributed by atoms with Gasteiger partial charge in [-0.15, -0.1) is 0 Å². The Morgan fingerprint density at radius 3 is 0.881 bits per heavy atom. The molecule has 6 nitrogen and oxygen atoms in total. The van der Waals surface area contributed by atoms with Crippen LogP contribution in [0.15, 0.2) is 72.9 Å². The van der Waals surface area contributed by atoms with E-state index in [4.69, 9.17) is 14.2 Å². The maximum atomic E-state index is 12.9. The van der Waals surface area contributed by atoms with Crippen LogP contribution in [0.2, 0.25) is 0 Å². The number of hydrogen-bond acceptors (Lipinski definition) is 6. The summed E-state index contributed by atoms with van der Waals surface area (Å²) < 4.78 is 16.8. The van der Waals surface area contributed by atoms with Crippen LogP contribution in [-0.2, 0) is 28.6 Å². The Morgan fingerprint density at radius 1 is 0.299 bits per heavy atom. The molecule has 0 saturated heterocycles. The highest BCUT2D eigenvalue weighted by molar-refractivity contribution is 5.71. The Labute approximate surface area is 414 Å². The lowest BCUT2D eigenvalue weighted by atomic mass is 10.1. The fraction of sp³-hybridized carbons (Fsp3) is 0.754.